The van der Waals surface area contributed by atoms with E-state index >= 15 is 0 Å². The van der Waals surface area contributed by atoms with Crippen molar-refractivity contribution >= 4 is 57.7 Å². The number of anilines is 2. The number of H-pyrrole nitrogens is 2. The van der Waals surface area contributed by atoms with Gasteiger partial charge in [0, 0.05) is 96.0 Å². The molecule has 0 saturated carbocycles. The van der Waals surface area contributed by atoms with Crippen LogP contribution in [0.1, 0.15) is 139 Å². The minimum absolute atomic E-state index is 0.696. The standard InChI is InChI=1S/C80H88N6O4/c1-7-9-11-13-15-17-19-21-53-87-63-37-29-57(30-38-63)77-69-45-49-73(81-69)79(59-33-41-65(42-34-59)89-67-27-23-25-61(55-67)85(3)4)75-51-47-71(83-75)78(58-31-39-64(40-32-58)88-54-22-20-18-16-14-12-10-8-2)72-48-52-76(84-72)80(74-50-46-70(77)82-74)60-35-43-66(44-36-60)90-68-28-24-26-62(56-68)86(5)6/h23-52,55-56,81,84H,7-22,53-54H2,1-6H3. The van der Waals surface area contributed by atoms with Gasteiger partial charge in [-0.1, -0.05) is 164 Å². The normalized spacial score (nSPS) is 11.7. The number of aromatic nitrogens is 4. The van der Waals surface area contributed by atoms with E-state index in [0.717, 1.165) is 148 Å². The summed E-state index contributed by atoms with van der Waals surface area (Å²) in [6.45, 7) is 5.94. The Morgan fingerprint density at radius 3 is 0.900 bits per heavy atom. The fraction of sp³-hybridized carbons (Fsp3) is 0.300. The zero-order valence-corrected chi connectivity index (χ0v) is 53.6. The van der Waals surface area contributed by atoms with E-state index in [-0.39, 0.29) is 0 Å². The van der Waals surface area contributed by atoms with Crippen LogP contribution in [0.2, 0.25) is 0 Å². The molecule has 90 heavy (non-hydrogen) atoms. The van der Waals surface area contributed by atoms with E-state index in [0.29, 0.717) is 13.2 Å². The molecule has 0 unspecified atom stereocenters. The van der Waals surface area contributed by atoms with Crippen LogP contribution in [0.25, 0.3) is 90.9 Å². The molecule has 0 saturated heterocycles. The van der Waals surface area contributed by atoms with Gasteiger partial charge in [-0.15, -0.1) is 0 Å². The van der Waals surface area contributed by atoms with Crippen molar-refractivity contribution in [2.75, 3.05) is 51.2 Å². The molecule has 0 radical (unpaired) electrons. The second-order valence-corrected chi connectivity index (χ2v) is 24.2. The van der Waals surface area contributed by atoms with Crippen molar-refractivity contribution in [3.8, 4) is 79.0 Å². The average Bonchev–Trinajstić information content (AvgIpc) is 2.09. The summed E-state index contributed by atoms with van der Waals surface area (Å²) >= 11 is 0. The summed E-state index contributed by atoms with van der Waals surface area (Å²) in [6, 6.07) is 58.7. The third kappa shape index (κ3) is 15.9. The number of aromatic amines is 2. The second kappa shape index (κ2) is 30.8. The number of hydrogen-bond acceptors (Lipinski definition) is 8. The van der Waals surface area contributed by atoms with Gasteiger partial charge >= 0.3 is 0 Å². The summed E-state index contributed by atoms with van der Waals surface area (Å²) in [5.41, 5.74) is 16.9. The Labute approximate surface area is 533 Å². The van der Waals surface area contributed by atoms with E-state index < -0.39 is 0 Å². The van der Waals surface area contributed by atoms with Crippen LogP contribution in [0.3, 0.4) is 0 Å². The topological polar surface area (TPSA) is 101 Å². The third-order valence-corrected chi connectivity index (χ3v) is 17.0. The summed E-state index contributed by atoms with van der Waals surface area (Å²) < 4.78 is 25.7. The maximum Gasteiger partial charge on any atom is 0.129 e. The number of unbranched alkanes of at least 4 members (excludes halogenated alkanes) is 14. The first kappa shape index (κ1) is 62.3. The molecule has 0 atom stereocenters. The maximum absolute atomic E-state index is 6.47. The lowest BCUT2D eigenvalue weighted by atomic mass is 10.0. The Balaban J connectivity index is 1.03. The van der Waals surface area contributed by atoms with E-state index in [4.69, 9.17) is 28.9 Å². The lowest BCUT2D eigenvalue weighted by Gasteiger charge is -2.14. The van der Waals surface area contributed by atoms with Gasteiger partial charge in [0.2, 0.25) is 0 Å². The van der Waals surface area contributed by atoms with Crippen molar-refractivity contribution in [3.05, 3.63) is 193 Å². The summed E-state index contributed by atoms with van der Waals surface area (Å²) in [5.74, 6) is 4.73. The average molecular weight is 1200 g/mol. The van der Waals surface area contributed by atoms with Crippen LogP contribution < -0.4 is 28.7 Å². The first-order valence-electron chi connectivity index (χ1n) is 32.9. The summed E-state index contributed by atoms with van der Waals surface area (Å²) in [5, 5.41) is 0. The minimum Gasteiger partial charge on any atom is -0.494 e. The molecule has 0 amide bonds. The Bertz CT molecular complexity index is 3780. The molecule has 9 aromatic rings. The Kier molecular flexibility index (Phi) is 21.3. The molecule has 0 fully saturated rings. The van der Waals surface area contributed by atoms with Crippen LogP contribution >= 0.6 is 0 Å². The molecule has 0 spiro atoms. The molecule has 2 aliphatic rings. The van der Waals surface area contributed by atoms with Gasteiger partial charge in [-0.2, -0.15) is 0 Å². The predicted molar refractivity (Wildman–Crippen MR) is 378 cm³/mol. The zero-order chi connectivity index (χ0) is 62.0. The van der Waals surface area contributed by atoms with Crippen LogP contribution in [0, 0.1) is 0 Å². The van der Waals surface area contributed by atoms with Crippen LogP contribution in [-0.2, 0) is 0 Å². The van der Waals surface area contributed by atoms with Gasteiger partial charge in [-0.05, 0) is 156 Å². The molecule has 6 aromatic carbocycles. The maximum atomic E-state index is 6.47. The Morgan fingerprint density at radius 2 is 0.600 bits per heavy atom. The van der Waals surface area contributed by atoms with Gasteiger partial charge in [0.1, 0.15) is 34.5 Å². The summed E-state index contributed by atoms with van der Waals surface area (Å²) in [7, 11) is 8.14. The van der Waals surface area contributed by atoms with Crippen LogP contribution in [0.5, 0.6) is 34.5 Å². The van der Waals surface area contributed by atoms with E-state index in [1.807, 2.05) is 76.7 Å². The predicted octanol–water partition coefficient (Wildman–Crippen LogP) is 22.1. The van der Waals surface area contributed by atoms with Crippen molar-refractivity contribution in [3.63, 3.8) is 0 Å². The second-order valence-electron chi connectivity index (χ2n) is 24.2. The number of benzene rings is 6. The van der Waals surface area contributed by atoms with Crippen molar-refractivity contribution in [1.82, 2.24) is 19.9 Å². The van der Waals surface area contributed by atoms with Crippen LogP contribution in [-0.4, -0.2) is 61.3 Å². The molecule has 10 heteroatoms. The number of rotatable bonds is 30. The lowest BCUT2D eigenvalue weighted by Crippen LogP contribution is -2.08. The fourth-order valence-corrected chi connectivity index (χ4v) is 12.0. The number of nitrogens with zero attached hydrogens (tertiary/aromatic N) is 4. The highest BCUT2D eigenvalue weighted by molar-refractivity contribution is 6.00. The van der Waals surface area contributed by atoms with Crippen LogP contribution in [0.15, 0.2) is 170 Å². The minimum atomic E-state index is 0.696. The highest BCUT2D eigenvalue weighted by atomic mass is 16.5. The SMILES string of the molecule is CCCCCCCCCCOc1ccc(-c2c3nc(c(-c4ccc(Oc5cccc(N(C)C)c5)cc4)c4ccc([nH]4)c(-c4ccc(OCCCCCCCCCC)cc4)c4nc(c(-c5ccc(Oc6cccc(N(C)C)c6)cc5)c5ccc2[nH]5)C=C4)C=C3)cc1. The molecule has 11 rings (SSSR count). The van der Waals surface area contributed by atoms with Gasteiger partial charge in [0.25, 0.3) is 0 Å². The van der Waals surface area contributed by atoms with E-state index in [9.17, 15) is 0 Å². The van der Waals surface area contributed by atoms with Gasteiger partial charge in [0.05, 0.1) is 36.0 Å². The quantitative estimate of drug-likeness (QED) is 0.0430. The Hall–Kier alpha value is -9.28. The van der Waals surface area contributed by atoms with Crippen LogP contribution in [0.4, 0.5) is 11.4 Å². The van der Waals surface area contributed by atoms with Crippen molar-refractivity contribution < 1.29 is 18.9 Å². The fourth-order valence-electron chi connectivity index (χ4n) is 12.0. The first-order valence-corrected chi connectivity index (χ1v) is 32.9. The highest BCUT2D eigenvalue weighted by Crippen LogP contribution is 2.41. The van der Waals surface area contributed by atoms with Crippen molar-refractivity contribution in [2.24, 2.45) is 0 Å². The lowest BCUT2D eigenvalue weighted by molar-refractivity contribution is 0.304. The number of fused-ring (bicyclic) bond motifs is 8. The largest absolute Gasteiger partial charge is 0.494 e. The monoisotopic (exact) mass is 1200 g/mol. The smallest absolute Gasteiger partial charge is 0.129 e. The van der Waals surface area contributed by atoms with Gasteiger partial charge in [0.15, 0.2) is 0 Å². The zero-order valence-electron chi connectivity index (χ0n) is 53.6. The molecule has 8 bridgehead atoms. The van der Waals surface area contributed by atoms with Gasteiger partial charge in [-0.3, -0.25) is 0 Å². The van der Waals surface area contributed by atoms with E-state index in [2.05, 4.69) is 179 Å². The van der Waals surface area contributed by atoms with E-state index in [1.165, 1.54) is 89.9 Å². The third-order valence-electron chi connectivity index (χ3n) is 17.0. The van der Waals surface area contributed by atoms with Gasteiger partial charge in [-0.25, -0.2) is 9.97 Å². The van der Waals surface area contributed by atoms with Crippen molar-refractivity contribution in [1.29, 1.82) is 0 Å². The van der Waals surface area contributed by atoms with Gasteiger partial charge < -0.3 is 38.7 Å². The molecule has 10 nitrogen and oxygen atoms in total. The molecule has 5 heterocycles. The molecular weight excluding hydrogens is 1110 g/mol. The Morgan fingerprint density at radius 1 is 0.311 bits per heavy atom. The number of nitrogens with one attached hydrogen (secondary N) is 2. The summed E-state index contributed by atoms with van der Waals surface area (Å²) in [4.78, 5) is 23.3. The molecule has 3 aromatic heterocycles. The summed E-state index contributed by atoms with van der Waals surface area (Å²) in [6.07, 6.45) is 28.7. The molecule has 462 valence electrons. The molecule has 0 aliphatic carbocycles. The van der Waals surface area contributed by atoms with Crippen molar-refractivity contribution in [2.45, 2.75) is 117 Å². The molecule has 2 aliphatic heterocycles. The molecule has 2 N–H and O–H groups in total. The first-order chi connectivity index (χ1) is 44.2. The molecular formula is C80H88N6O4. The number of ether oxygens (including phenoxy) is 4. The highest BCUT2D eigenvalue weighted by Gasteiger charge is 2.20. The van der Waals surface area contributed by atoms with E-state index in [1.54, 1.807) is 0 Å². The number of hydrogen-bond donors (Lipinski definition) is 2.